The van der Waals surface area contributed by atoms with Crippen LogP contribution < -0.4 is 4.74 Å². The lowest BCUT2D eigenvalue weighted by Crippen LogP contribution is -2.31. The highest BCUT2D eigenvalue weighted by atomic mass is 35.5. The Balaban J connectivity index is 1.75. The molecule has 0 spiro atoms. The molecule has 0 aliphatic rings. The summed E-state index contributed by atoms with van der Waals surface area (Å²) in [6, 6.07) is 13.5. The molecule has 7 heteroatoms. The van der Waals surface area contributed by atoms with E-state index in [0.29, 0.717) is 6.42 Å². The number of aromatic hydroxyl groups is 1. The number of hydrogen-bond donors (Lipinski definition) is 2. The maximum atomic E-state index is 13.4. The SMILES string of the molecule is CC[C@H](CC(C)C(=O)c1cc(-c2cnc3[nH]cc(-c4ccccc4OC)c3c2)cc(Cl)c1O)N(C)C. The van der Waals surface area contributed by atoms with Crippen LogP contribution >= 0.6 is 11.6 Å². The number of phenolic OH excluding ortho intramolecular Hbond substituents is 1. The Morgan fingerprint density at radius 2 is 1.92 bits per heavy atom. The highest BCUT2D eigenvalue weighted by molar-refractivity contribution is 6.33. The fourth-order valence-corrected chi connectivity index (χ4v) is 4.95. The minimum Gasteiger partial charge on any atom is -0.506 e. The third kappa shape index (κ3) is 4.97. The highest BCUT2D eigenvalue weighted by Crippen LogP contribution is 2.38. The Kier molecular flexibility index (Phi) is 7.67. The predicted octanol–water partition coefficient (Wildman–Crippen LogP) is 6.81. The molecule has 0 amide bonds. The predicted molar refractivity (Wildman–Crippen MR) is 146 cm³/mol. The number of phenols is 1. The van der Waals surface area contributed by atoms with E-state index in [-0.39, 0.29) is 34.1 Å². The molecule has 0 fully saturated rings. The van der Waals surface area contributed by atoms with Crippen molar-refractivity contribution in [2.75, 3.05) is 21.2 Å². The van der Waals surface area contributed by atoms with Crippen molar-refractivity contribution in [1.82, 2.24) is 14.9 Å². The number of carbonyl (C=O) groups is 1. The maximum Gasteiger partial charge on any atom is 0.169 e. The van der Waals surface area contributed by atoms with E-state index in [1.165, 1.54) is 0 Å². The first kappa shape index (κ1) is 25.7. The first-order valence-corrected chi connectivity index (χ1v) is 12.5. The number of hydrogen-bond acceptors (Lipinski definition) is 5. The maximum absolute atomic E-state index is 13.4. The van der Waals surface area contributed by atoms with E-state index in [1.807, 2.05) is 57.5 Å². The van der Waals surface area contributed by atoms with Crippen molar-refractivity contribution < 1.29 is 14.6 Å². The largest absolute Gasteiger partial charge is 0.506 e. The number of Topliss-reactive ketones (excluding diaryl/α,β-unsaturated/α-hetero) is 1. The fraction of sp³-hybridized carbons (Fsp3) is 0.310. The minimum atomic E-state index is -0.267. The molecule has 4 rings (SSSR count). The second-order valence-corrected chi connectivity index (χ2v) is 9.81. The van der Waals surface area contributed by atoms with Gasteiger partial charge in [0.2, 0.25) is 0 Å². The molecule has 0 radical (unpaired) electrons. The van der Waals surface area contributed by atoms with Gasteiger partial charge in [0.25, 0.3) is 0 Å². The number of ether oxygens (including phenoxy) is 1. The van der Waals surface area contributed by atoms with E-state index in [0.717, 1.165) is 45.5 Å². The molecule has 0 bridgehead atoms. The normalized spacial score (nSPS) is 13.2. The number of halogens is 1. The molecule has 2 aromatic heterocycles. The zero-order chi connectivity index (χ0) is 26.0. The molecule has 6 nitrogen and oxygen atoms in total. The number of ketones is 1. The summed E-state index contributed by atoms with van der Waals surface area (Å²) < 4.78 is 5.56. The van der Waals surface area contributed by atoms with Crippen LogP contribution in [0.4, 0.5) is 0 Å². The Morgan fingerprint density at radius 3 is 2.61 bits per heavy atom. The van der Waals surface area contributed by atoms with Crippen LogP contribution in [0.25, 0.3) is 33.3 Å². The van der Waals surface area contributed by atoms with Crippen molar-refractivity contribution in [2.24, 2.45) is 5.92 Å². The average molecular weight is 506 g/mol. The minimum absolute atomic E-state index is 0.123. The molecular weight excluding hydrogens is 474 g/mol. The lowest BCUT2D eigenvalue weighted by molar-refractivity contribution is 0.0898. The molecule has 0 saturated carbocycles. The molecule has 0 aliphatic carbocycles. The van der Waals surface area contributed by atoms with Gasteiger partial charge in [0.1, 0.15) is 17.1 Å². The average Bonchev–Trinajstić information content (AvgIpc) is 3.31. The number of methoxy groups -OCH3 is 1. The summed E-state index contributed by atoms with van der Waals surface area (Å²) in [5, 5.41) is 11.7. The zero-order valence-corrected chi connectivity index (χ0v) is 22.1. The summed E-state index contributed by atoms with van der Waals surface area (Å²) in [6.07, 6.45) is 5.29. The van der Waals surface area contributed by atoms with Crippen LogP contribution in [0.15, 0.2) is 54.9 Å². The smallest absolute Gasteiger partial charge is 0.169 e. The van der Waals surface area contributed by atoms with Crippen molar-refractivity contribution in [3.8, 4) is 33.8 Å². The van der Waals surface area contributed by atoms with Crippen LogP contribution in [-0.2, 0) is 0 Å². The highest BCUT2D eigenvalue weighted by Gasteiger charge is 2.25. The summed E-state index contributed by atoms with van der Waals surface area (Å²) in [5.41, 5.74) is 4.39. The Labute approximate surface area is 216 Å². The summed E-state index contributed by atoms with van der Waals surface area (Å²) in [4.78, 5) is 23.3. The first-order chi connectivity index (χ1) is 17.2. The van der Waals surface area contributed by atoms with Crippen LogP contribution in [0.5, 0.6) is 11.5 Å². The zero-order valence-electron chi connectivity index (χ0n) is 21.3. The van der Waals surface area contributed by atoms with Crippen molar-refractivity contribution in [3.05, 3.63) is 65.4 Å². The summed E-state index contributed by atoms with van der Waals surface area (Å²) in [6.45, 7) is 4.02. The Morgan fingerprint density at radius 1 is 1.17 bits per heavy atom. The van der Waals surface area contributed by atoms with Gasteiger partial charge in [-0.05, 0) is 56.8 Å². The van der Waals surface area contributed by atoms with E-state index in [1.54, 1.807) is 25.4 Å². The van der Waals surface area contributed by atoms with Gasteiger partial charge >= 0.3 is 0 Å². The number of nitrogens with zero attached hydrogens (tertiary/aromatic N) is 2. The summed E-state index contributed by atoms with van der Waals surface area (Å²) >= 11 is 6.41. The third-order valence-corrected chi connectivity index (χ3v) is 7.15. The standard InChI is InChI=1S/C29H32ClN3O3/c1-6-20(33(3)4)11-17(2)27(34)23-12-18(14-25(30)28(23)35)19-13-22-24(16-32-29(22)31-15-19)21-9-7-8-10-26(21)36-5/h7-10,12-17,20,35H,6,11H2,1-5H3,(H,31,32)/t17?,20-/m1/s1. The van der Waals surface area contributed by atoms with Gasteiger partial charge in [0.15, 0.2) is 5.78 Å². The van der Waals surface area contributed by atoms with E-state index >= 15 is 0 Å². The Hall–Kier alpha value is -3.35. The topological polar surface area (TPSA) is 78.5 Å². The van der Waals surface area contributed by atoms with Crippen molar-refractivity contribution in [2.45, 2.75) is 32.7 Å². The number of nitrogens with one attached hydrogen (secondary N) is 1. The van der Waals surface area contributed by atoms with Crippen molar-refractivity contribution in [3.63, 3.8) is 0 Å². The number of aromatic amines is 1. The molecule has 2 heterocycles. The number of fused-ring (bicyclic) bond motifs is 1. The number of para-hydroxylation sites is 1. The summed E-state index contributed by atoms with van der Waals surface area (Å²) in [7, 11) is 5.68. The second-order valence-electron chi connectivity index (χ2n) is 9.40. The van der Waals surface area contributed by atoms with Gasteiger partial charge < -0.3 is 19.7 Å². The molecule has 36 heavy (non-hydrogen) atoms. The van der Waals surface area contributed by atoms with E-state index in [9.17, 15) is 9.90 Å². The fourth-order valence-electron chi connectivity index (χ4n) is 4.73. The molecule has 0 saturated heterocycles. The number of benzene rings is 2. The molecule has 2 atom stereocenters. The number of H-pyrrole nitrogens is 1. The van der Waals surface area contributed by atoms with E-state index < -0.39 is 0 Å². The van der Waals surface area contributed by atoms with Gasteiger partial charge in [-0.3, -0.25) is 4.79 Å². The molecular formula is C29H32ClN3O3. The van der Waals surface area contributed by atoms with Gasteiger partial charge in [0.05, 0.1) is 17.7 Å². The summed E-state index contributed by atoms with van der Waals surface area (Å²) in [5.74, 6) is 0.195. The molecule has 2 aromatic carbocycles. The lowest BCUT2D eigenvalue weighted by atomic mass is 9.90. The van der Waals surface area contributed by atoms with Crippen LogP contribution in [0, 0.1) is 5.92 Å². The van der Waals surface area contributed by atoms with Crippen LogP contribution in [0.3, 0.4) is 0 Å². The van der Waals surface area contributed by atoms with Gasteiger partial charge in [-0.25, -0.2) is 4.98 Å². The molecule has 0 aliphatic heterocycles. The lowest BCUT2D eigenvalue weighted by Gasteiger charge is -2.25. The monoisotopic (exact) mass is 505 g/mol. The molecule has 2 N–H and O–H groups in total. The van der Waals surface area contributed by atoms with Gasteiger partial charge in [-0.2, -0.15) is 0 Å². The van der Waals surface area contributed by atoms with Gasteiger partial charge in [-0.15, -0.1) is 0 Å². The van der Waals surface area contributed by atoms with Gasteiger partial charge in [0, 0.05) is 46.4 Å². The number of pyridine rings is 1. The number of carbonyl (C=O) groups excluding carboxylic acids is 1. The van der Waals surface area contributed by atoms with Crippen molar-refractivity contribution in [1.29, 1.82) is 0 Å². The van der Waals surface area contributed by atoms with E-state index in [4.69, 9.17) is 16.3 Å². The van der Waals surface area contributed by atoms with Crippen LogP contribution in [-0.4, -0.2) is 53.0 Å². The number of aromatic nitrogens is 2. The molecule has 188 valence electrons. The van der Waals surface area contributed by atoms with Crippen LogP contribution in [0.2, 0.25) is 5.02 Å². The third-order valence-electron chi connectivity index (χ3n) is 6.87. The van der Waals surface area contributed by atoms with E-state index in [2.05, 4.69) is 21.8 Å². The quantitative estimate of drug-likeness (QED) is 0.244. The second kappa shape index (κ2) is 10.7. The van der Waals surface area contributed by atoms with Crippen molar-refractivity contribution >= 4 is 28.4 Å². The molecule has 1 unspecified atom stereocenters. The molecule has 4 aromatic rings. The first-order valence-electron chi connectivity index (χ1n) is 12.1. The van der Waals surface area contributed by atoms with Gasteiger partial charge in [-0.1, -0.05) is 43.6 Å². The Bertz CT molecular complexity index is 1400. The number of rotatable bonds is 9. The van der Waals surface area contributed by atoms with Crippen LogP contribution in [0.1, 0.15) is 37.0 Å².